The monoisotopic (exact) mass is 489 g/mol. The minimum Gasteiger partial charge on any atom is -0.449 e. The van der Waals surface area contributed by atoms with Crippen molar-refractivity contribution < 1.29 is 27.4 Å². The number of hydrogen-bond donors (Lipinski definition) is 2. The van der Waals surface area contributed by atoms with E-state index in [4.69, 9.17) is 4.74 Å². The lowest BCUT2D eigenvalue weighted by Crippen LogP contribution is -2.40. The zero-order chi connectivity index (χ0) is 24.8. The molecule has 3 aromatic rings. The molecule has 2 aromatic heterocycles. The summed E-state index contributed by atoms with van der Waals surface area (Å²) in [6.07, 6.45) is 3.49. The highest BCUT2D eigenvalue weighted by Crippen LogP contribution is 2.45. The molecule has 0 atom stereocenters. The summed E-state index contributed by atoms with van der Waals surface area (Å²) >= 11 is 0. The maximum absolute atomic E-state index is 14.5. The van der Waals surface area contributed by atoms with Crippen molar-refractivity contribution in [1.82, 2.24) is 14.3 Å². The van der Waals surface area contributed by atoms with Crippen LogP contribution in [-0.4, -0.2) is 34.8 Å². The number of nitrogens with zero attached hydrogens (tertiary/aromatic N) is 2. The van der Waals surface area contributed by atoms with Gasteiger partial charge in [0, 0.05) is 23.2 Å². The molecule has 8 nitrogen and oxygen atoms in total. The summed E-state index contributed by atoms with van der Waals surface area (Å²) < 4.78 is 49.6. The summed E-state index contributed by atoms with van der Waals surface area (Å²) in [4.78, 5) is 15.9. The third kappa shape index (κ3) is 4.65. The van der Waals surface area contributed by atoms with Gasteiger partial charge in [0.1, 0.15) is 16.4 Å². The first kappa shape index (κ1) is 24.2. The molecule has 10 heteroatoms. The van der Waals surface area contributed by atoms with E-state index in [1.54, 1.807) is 33.8 Å². The molecule has 4 rings (SSSR count). The maximum Gasteiger partial charge on any atom is 0.511 e. The predicted octanol–water partition coefficient (Wildman–Crippen LogP) is 5.40. The van der Waals surface area contributed by atoms with Crippen LogP contribution >= 0.6 is 0 Å². The van der Waals surface area contributed by atoms with Crippen molar-refractivity contribution in [3.63, 3.8) is 0 Å². The Hall–Kier alpha value is -2.98. The standard InChI is InChI=1S/C24H28FN3O5S/c1-14-11-20-17(12-18(14)25)22(33-23(29)30)21(28(20)15-7-5-6-8-15)19-10-9-16(13-26-19)34(31,32)27-24(2,3)4/h9-13,15,27H,5-8H2,1-4H3,(H,29,30). The highest BCUT2D eigenvalue weighted by Gasteiger charge is 2.30. The number of hydrogen-bond acceptors (Lipinski definition) is 5. The van der Waals surface area contributed by atoms with Gasteiger partial charge in [0.05, 0.1) is 11.2 Å². The first-order valence-electron chi connectivity index (χ1n) is 11.1. The number of fused-ring (bicyclic) bond motifs is 1. The number of rotatable bonds is 5. The highest BCUT2D eigenvalue weighted by atomic mass is 32.2. The Morgan fingerprint density at radius 3 is 2.47 bits per heavy atom. The van der Waals surface area contributed by atoms with Gasteiger partial charge in [-0.1, -0.05) is 12.8 Å². The van der Waals surface area contributed by atoms with Gasteiger partial charge in [-0.25, -0.2) is 22.3 Å². The zero-order valence-corrected chi connectivity index (χ0v) is 20.4. The molecular weight excluding hydrogens is 461 g/mol. The Balaban J connectivity index is 1.94. The number of ether oxygens (including phenoxy) is 1. The fraction of sp³-hybridized carbons (Fsp3) is 0.417. The van der Waals surface area contributed by atoms with E-state index in [-0.39, 0.29) is 16.7 Å². The molecule has 2 N–H and O–H groups in total. The Labute approximate surface area is 197 Å². The van der Waals surface area contributed by atoms with Gasteiger partial charge in [0.25, 0.3) is 0 Å². The summed E-state index contributed by atoms with van der Waals surface area (Å²) in [5.41, 5.74) is 1.15. The lowest BCUT2D eigenvalue weighted by molar-refractivity contribution is 0.145. The molecule has 0 saturated heterocycles. The molecule has 0 radical (unpaired) electrons. The number of pyridine rings is 1. The van der Waals surface area contributed by atoms with Gasteiger partial charge in [0.15, 0.2) is 5.75 Å². The van der Waals surface area contributed by atoms with Crippen molar-refractivity contribution in [3.8, 4) is 17.1 Å². The molecule has 0 aliphatic heterocycles. The number of halogens is 1. The van der Waals surface area contributed by atoms with Gasteiger partial charge >= 0.3 is 6.16 Å². The van der Waals surface area contributed by atoms with E-state index in [0.29, 0.717) is 27.9 Å². The molecule has 1 aliphatic carbocycles. The van der Waals surface area contributed by atoms with Gasteiger partial charge < -0.3 is 14.4 Å². The predicted molar refractivity (Wildman–Crippen MR) is 126 cm³/mol. The van der Waals surface area contributed by atoms with Crippen LogP contribution < -0.4 is 9.46 Å². The van der Waals surface area contributed by atoms with Crippen molar-refractivity contribution in [2.24, 2.45) is 0 Å². The molecule has 1 fully saturated rings. The average molecular weight is 490 g/mol. The molecule has 1 aliphatic rings. The van der Waals surface area contributed by atoms with Crippen LogP contribution in [0.3, 0.4) is 0 Å². The fourth-order valence-electron chi connectivity index (χ4n) is 4.52. The van der Waals surface area contributed by atoms with Gasteiger partial charge in [-0.05, 0) is 70.4 Å². The number of nitrogens with one attached hydrogen (secondary N) is 1. The third-order valence-electron chi connectivity index (χ3n) is 5.85. The number of aromatic nitrogens is 2. The normalized spacial score (nSPS) is 15.2. The van der Waals surface area contributed by atoms with Crippen LogP contribution in [0.15, 0.2) is 35.4 Å². The maximum atomic E-state index is 14.5. The van der Waals surface area contributed by atoms with Crippen molar-refractivity contribution in [2.45, 2.75) is 69.9 Å². The largest absolute Gasteiger partial charge is 0.511 e. The Morgan fingerprint density at radius 1 is 1.24 bits per heavy atom. The molecule has 34 heavy (non-hydrogen) atoms. The third-order valence-corrected chi connectivity index (χ3v) is 7.59. The van der Waals surface area contributed by atoms with E-state index < -0.39 is 27.5 Å². The van der Waals surface area contributed by atoms with Crippen molar-refractivity contribution >= 4 is 27.1 Å². The topological polar surface area (TPSA) is 111 Å². The van der Waals surface area contributed by atoms with Gasteiger partial charge in [0.2, 0.25) is 10.0 Å². The number of carbonyl (C=O) groups is 1. The number of benzene rings is 1. The Kier molecular flexibility index (Phi) is 6.15. The molecule has 2 heterocycles. The first-order valence-corrected chi connectivity index (χ1v) is 12.6. The molecule has 0 spiro atoms. The van der Waals surface area contributed by atoms with E-state index >= 15 is 0 Å². The van der Waals surface area contributed by atoms with Crippen LogP contribution in [0, 0.1) is 12.7 Å². The zero-order valence-electron chi connectivity index (χ0n) is 19.6. The van der Waals surface area contributed by atoms with E-state index in [1.807, 2.05) is 4.57 Å². The van der Waals surface area contributed by atoms with Gasteiger partial charge in [-0.15, -0.1) is 0 Å². The Bertz CT molecular complexity index is 1350. The summed E-state index contributed by atoms with van der Waals surface area (Å²) in [6.45, 7) is 6.87. The van der Waals surface area contributed by atoms with Crippen LogP contribution in [0.1, 0.15) is 58.1 Å². The van der Waals surface area contributed by atoms with Crippen molar-refractivity contribution in [3.05, 3.63) is 41.8 Å². The lowest BCUT2D eigenvalue weighted by atomic mass is 10.1. The lowest BCUT2D eigenvalue weighted by Gasteiger charge is -2.20. The van der Waals surface area contributed by atoms with Gasteiger partial charge in [-0.3, -0.25) is 4.98 Å². The molecule has 1 saturated carbocycles. The molecule has 182 valence electrons. The quantitative estimate of drug-likeness (QED) is 0.464. The van der Waals surface area contributed by atoms with Crippen LogP contribution in [0.25, 0.3) is 22.3 Å². The van der Waals surface area contributed by atoms with Crippen LogP contribution in [0.4, 0.5) is 9.18 Å². The number of sulfonamides is 1. The van der Waals surface area contributed by atoms with Crippen LogP contribution in [-0.2, 0) is 10.0 Å². The van der Waals surface area contributed by atoms with Crippen molar-refractivity contribution in [2.75, 3.05) is 0 Å². The summed E-state index contributed by atoms with van der Waals surface area (Å²) in [5, 5.41) is 9.76. The summed E-state index contributed by atoms with van der Waals surface area (Å²) in [7, 11) is -3.80. The summed E-state index contributed by atoms with van der Waals surface area (Å²) in [6, 6.07) is 5.97. The number of carboxylic acid groups (broad SMARTS) is 1. The molecule has 1 aromatic carbocycles. The second-order valence-corrected chi connectivity index (χ2v) is 11.4. The minimum absolute atomic E-state index is 0.00998. The second-order valence-electron chi connectivity index (χ2n) is 9.71. The molecule has 0 unspecified atom stereocenters. The van der Waals surface area contributed by atoms with E-state index in [9.17, 15) is 22.7 Å². The van der Waals surface area contributed by atoms with E-state index in [1.165, 1.54) is 24.4 Å². The van der Waals surface area contributed by atoms with Crippen molar-refractivity contribution in [1.29, 1.82) is 0 Å². The minimum atomic E-state index is -3.80. The number of aryl methyl sites for hydroxylation is 1. The fourth-order valence-corrected chi connectivity index (χ4v) is 5.88. The summed E-state index contributed by atoms with van der Waals surface area (Å²) in [5.74, 6) is -0.482. The SMILES string of the molecule is Cc1cc2c(cc1F)c(OC(=O)O)c(-c1ccc(S(=O)(=O)NC(C)(C)C)cn1)n2C1CCCC1. The average Bonchev–Trinajstić information content (AvgIpc) is 3.34. The molecule has 0 amide bonds. The molecular formula is C24H28FN3O5S. The van der Waals surface area contributed by atoms with E-state index in [0.717, 1.165) is 25.7 Å². The van der Waals surface area contributed by atoms with Crippen LogP contribution in [0.5, 0.6) is 5.75 Å². The van der Waals surface area contributed by atoms with E-state index in [2.05, 4.69) is 9.71 Å². The van der Waals surface area contributed by atoms with Gasteiger partial charge in [-0.2, -0.15) is 0 Å². The molecule has 0 bridgehead atoms. The van der Waals surface area contributed by atoms with Crippen LogP contribution in [0.2, 0.25) is 0 Å². The first-order chi connectivity index (χ1) is 15.9. The second kappa shape index (κ2) is 8.66. The smallest absolute Gasteiger partial charge is 0.449 e. The highest BCUT2D eigenvalue weighted by molar-refractivity contribution is 7.89. The Morgan fingerprint density at radius 2 is 1.91 bits per heavy atom.